The molecule has 0 N–H and O–H groups in total. The Morgan fingerprint density at radius 3 is 2.55 bits per heavy atom. The zero-order valence-corrected chi connectivity index (χ0v) is 14.0. The molecule has 0 saturated heterocycles. The predicted octanol–water partition coefficient (Wildman–Crippen LogP) is 3.20. The maximum Gasteiger partial charge on any atom is 0.194 e. The van der Waals surface area contributed by atoms with Crippen LogP contribution in [0.3, 0.4) is 0 Å². The van der Waals surface area contributed by atoms with Crippen molar-refractivity contribution in [3.8, 4) is 0 Å². The van der Waals surface area contributed by atoms with Crippen molar-refractivity contribution < 1.29 is 4.42 Å². The van der Waals surface area contributed by atoms with E-state index >= 15 is 0 Å². The summed E-state index contributed by atoms with van der Waals surface area (Å²) in [6.07, 6.45) is 5.55. The molecule has 1 heterocycles. The van der Waals surface area contributed by atoms with Crippen molar-refractivity contribution in [3.63, 3.8) is 0 Å². The lowest BCUT2D eigenvalue weighted by Crippen LogP contribution is -2.49. The van der Waals surface area contributed by atoms with Crippen LogP contribution in [0.1, 0.15) is 52.5 Å². The number of hydrogen-bond donors (Lipinski definition) is 0. The zero-order chi connectivity index (χ0) is 14.9. The van der Waals surface area contributed by atoms with Gasteiger partial charge in [-0.3, -0.25) is 4.90 Å². The smallest absolute Gasteiger partial charge is 0.194 e. The van der Waals surface area contributed by atoms with Crippen molar-refractivity contribution >= 4 is 24.4 Å². The number of fused-ring (bicyclic) bond motifs is 1. The third-order valence-electron chi connectivity index (χ3n) is 4.32. The molecule has 0 aliphatic heterocycles. The molecule has 0 saturated carbocycles. The SMILES string of the molecule is CCN(CC)C1(C)C=c2oc(=S)c(C(C)C)cc2=CC1. The van der Waals surface area contributed by atoms with E-state index in [1.807, 2.05) is 0 Å². The minimum atomic E-state index is 0.0289. The fraction of sp³-hybridized carbons (Fsp3) is 0.588. The Bertz CT molecular complexity index is 655. The average Bonchev–Trinajstić information content (AvgIpc) is 2.38. The van der Waals surface area contributed by atoms with Crippen LogP contribution in [0.2, 0.25) is 0 Å². The van der Waals surface area contributed by atoms with E-state index in [0.717, 1.165) is 30.5 Å². The molecular formula is C17H25NOS. The van der Waals surface area contributed by atoms with Crippen LogP contribution in [0, 0.1) is 4.71 Å². The fourth-order valence-corrected chi connectivity index (χ4v) is 3.40. The van der Waals surface area contributed by atoms with Crippen molar-refractivity contribution in [1.82, 2.24) is 4.90 Å². The third-order valence-corrected chi connectivity index (χ3v) is 4.64. The number of rotatable bonds is 4. The standard InChI is InChI=1S/C17H25NOS/c1-6-18(7-2)17(5)9-8-13-10-14(12(3)4)16(20)19-15(13)11-17/h8,10-12H,6-7,9H2,1-5H3. The highest BCUT2D eigenvalue weighted by atomic mass is 32.1. The van der Waals surface area contributed by atoms with Crippen LogP contribution in [0.15, 0.2) is 10.5 Å². The van der Waals surface area contributed by atoms with Crippen molar-refractivity contribution in [2.75, 3.05) is 13.1 Å². The summed E-state index contributed by atoms with van der Waals surface area (Å²) < 4.78 is 6.56. The van der Waals surface area contributed by atoms with Gasteiger partial charge in [0.15, 0.2) is 4.71 Å². The average molecular weight is 291 g/mol. The van der Waals surface area contributed by atoms with Crippen molar-refractivity contribution in [1.29, 1.82) is 0 Å². The van der Waals surface area contributed by atoms with E-state index in [0.29, 0.717) is 10.6 Å². The normalized spacial score (nSPS) is 21.6. The van der Waals surface area contributed by atoms with Crippen LogP contribution in [0.4, 0.5) is 0 Å². The molecule has 1 aromatic rings. The van der Waals surface area contributed by atoms with Gasteiger partial charge in [-0.15, -0.1) is 0 Å². The molecule has 20 heavy (non-hydrogen) atoms. The summed E-state index contributed by atoms with van der Waals surface area (Å²) in [4.78, 5) is 2.46. The topological polar surface area (TPSA) is 16.4 Å². The van der Waals surface area contributed by atoms with E-state index in [1.165, 1.54) is 5.22 Å². The van der Waals surface area contributed by atoms with Gasteiger partial charge in [0.05, 0.1) is 0 Å². The maximum absolute atomic E-state index is 5.93. The lowest BCUT2D eigenvalue weighted by atomic mass is 9.90. The summed E-state index contributed by atoms with van der Waals surface area (Å²) in [5.41, 5.74) is 2.09. The monoisotopic (exact) mass is 291 g/mol. The summed E-state index contributed by atoms with van der Waals surface area (Å²) >= 11 is 5.40. The lowest BCUT2D eigenvalue weighted by molar-refractivity contribution is 0.179. The number of nitrogens with zero attached hydrogens (tertiary/aromatic N) is 1. The van der Waals surface area contributed by atoms with Gasteiger partial charge in [0.25, 0.3) is 0 Å². The second-order valence-corrected chi connectivity index (χ2v) is 6.42. The Labute approximate surface area is 126 Å². The van der Waals surface area contributed by atoms with Gasteiger partial charge in [-0.1, -0.05) is 33.8 Å². The Balaban J connectivity index is 2.58. The Morgan fingerprint density at radius 2 is 2.00 bits per heavy atom. The molecule has 0 bridgehead atoms. The van der Waals surface area contributed by atoms with E-state index in [1.54, 1.807) is 0 Å². The van der Waals surface area contributed by atoms with E-state index in [9.17, 15) is 0 Å². The van der Waals surface area contributed by atoms with E-state index in [2.05, 4.69) is 57.7 Å². The van der Waals surface area contributed by atoms with E-state index in [-0.39, 0.29) is 5.54 Å². The van der Waals surface area contributed by atoms with Crippen LogP contribution in [0.5, 0.6) is 0 Å². The van der Waals surface area contributed by atoms with Gasteiger partial charge in [0.2, 0.25) is 0 Å². The Kier molecular flexibility index (Phi) is 4.50. The molecule has 110 valence electrons. The predicted molar refractivity (Wildman–Crippen MR) is 87.8 cm³/mol. The van der Waals surface area contributed by atoms with Crippen molar-refractivity contribution in [3.05, 3.63) is 27.0 Å². The Morgan fingerprint density at radius 1 is 1.35 bits per heavy atom. The molecule has 0 radical (unpaired) electrons. The molecule has 0 spiro atoms. The zero-order valence-electron chi connectivity index (χ0n) is 13.2. The van der Waals surface area contributed by atoms with Gasteiger partial charge in [-0.25, -0.2) is 0 Å². The highest BCUT2D eigenvalue weighted by Gasteiger charge is 2.28. The molecule has 1 aliphatic rings. The molecule has 1 aliphatic carbocycles. The summed E-state index contributed by atoms with van der Waals surface area (Å²) in [5, 5.41) is 1.19. The summed E-state index contributed by atoms with van der Waals surface area (Å²) in [7, 11) is 0. The first-order chi connectivity index (χ1) is 9.41. The molecule has 1 aromatic heterocycles. The molecule has 1 unspecified atom stereocenters. The van der Waals surface area contributed by atoms with Gasteiger partial charge in [0, 0.05) is 16.3 Å². The van der Waals surface area contributed by atoms with Crippen LogP contribution in [-0.4, -0.2) is 23.5 Å². The first-order valence-corrected chi connectivity index (χ1v) is 7.94. The van der Waals surface area contributed by atoms with Crippen molar-refractivity contribution in [2.24, 2.45) is 0 Å². The molecule has 3 heteroatoms. The van der Waals surface area contributed by atoms with Crippen molar-refractivity contribution in [2.45, 2.75) is 52.5 Å². The van der Waals surface area contributed by atoms with E-state index in [4.69, 9.17) is 16.6 Å². The molecule has 0 aromatic carbocycles. The maximum atomic E-state index is 5.93. The van der Waals surface area contributed by atoms with E-state index < -0.39 is 0 Å². The first-order valence-electron chi connectivity index (χ1n) is 7.53. The van der Waals surface area contributed by atoms with Crippen LogP contribution in [0.25, 0.3) is 12.2 Å². The van der Waals surface area contributed by atoms with Crippen LogP contribution in [-0.2, 0) is 0 Å². The highest BCUT2D eigenvalue weighted by molar-refractivity contribution is 7.71. The molecule has 0 amide bonds. The van der Waals surface area contributed by atoms with Gasteiger partial charge in [0.1, 0.15) is 5.42 Å². The molecule has 2 rings (SSSR count). The minimum absolute atomic E-state index is 0.0289. The molecule has 0 fully saturated rings. The van der Waals surface area contributed by atoms with Gasteiger partial charge in [-0.05, 0) is 56.7 Å². The Hall–Kier alpha value is -0.930. The second-order valence-electron chi connectivity index (χ2n) is 6.05. The minimum Gasteiger partial charge on any atom is -0.445 e. The van der Waals surface area contributed by atoms with Crippen LogP contribution < -0.4 is 10.6 Å². The summed E-state index contributed by atoms with van der Waals surface area (Å²) in [6.45, 7) is 13.1. The summed E-state index contributed by atoms with van der Waals surface area (Å²) in [6, 6.07) is 2.20. The quantitative estimate of drug-likeness (QED) is 0.793. The van der Waals surface area contributed by atoms with Gasteiger partial charge < -0.3 is 4.42 Å². The molecule has 2 nitrogen and oxygen atoms in total. The second kappa shape index (κ2) is 5.82. The lowest BCUT2D eigenvalue weighted by Gasteiger charge is -2.38. The van der Waals surface area contributed by atoms with Crippen LogP contribution >= 0.6 is 12.2 Å². The van der Waals surface area contributed by atoms with Gasteiger partial charge in [-0.2, -0.15) is 0 Å². The highest BCUT2D eigenvalue weighted by Crippen LogP contribution is 2.23. The third kappa shape index (κ3) is 2.75. The largest absolute Gasteiger partial charge is 0.445 e. The summed E-state index contributed by atoms with van der Waals surface area (Å²) in [5.74, 6) is 0.404. The molecular weight excluding hydrogens is 266 g/mol. The first kappa shape index (κ1) is 15.5. The number of hydrogen-bond acceptors (Lipinski definition) is 3. The van der Waals surface area contributed by atoms with Gasteiger partial charge >= 0.3 is 0 Å². The molecule has 1 atom stereocenters. The fourth-order valence-electron chi connectivity index (χ4n) is 3.01.